The number of amides is 1. The number of thiophene rings is 1. The van der Waals surface area contributed by atoms with E-state index in [1.807, 2.05) is 16.8 Å². The zero-order valence-electron chi connectivity index (χ0n) is 14.3. The quantitative estimate of drug-likeness (QED) is 0.689. The Morgan fingerprint density at radius 3 is 2.88 bits per heavy atom. The Balaban J connectivity index is 1.40. The molecule has 0 aromatic carbocycles. The molecule has 136 valence electrons. The minimum atomic E-state index is 0.0443. The molecule has 1 N–H and O–H groups in total. The Labute approximate surface area is 150 Å². The Kier molecular flexibility index (Phi) is 6.51. The zero-order chi connectivity index (χ0) is 17.5. The van der Waals surface area contributed by atoms with E-state index in [-0.39, 0.29) is 5.91 Å². The normalized spacial score (nSPS) is 16.2. The summed E-state index contributed by atoms with van der Waals surface area (Å²) in [6, 6.07) is 1.98. The summed E-state index contributed by atoms with van der Waals surface area (Å²) < 4.78 is 10.3. The second-order valence-corrected chi connectivity index (χ2v) is 6.70. The smallest absolute Gasteiger partial charge is 0.241 e. The van der Waals surface area contributed by atoms with Crippen LogP contribution in [0.1, 0.15) is 5.89 Å². The average molecular weight is 365 g/mol. The molecule has 1 fully saturated rings. The van der Waals surface area contributed by atoms with E-state index in [0.717, 1.165) is 31.7 Å². The Morgan fingerprint density at radius 2 is 2.16 bits per heavy atom. The summed E-state index contributed by atoms with van der Waals surface area (Å²) in [6.45, 7) is 5.62. The fraction of sp³-hybridized carbons (Fsp3) is 0.562. The van der Waals surface area contributed by atoms with Crippen LogP contribution < -0.4 is 5.32 Å². The molecular formula is C16H23N5O3S. The number of methoxy groups -OCH3 is 1. The SMILES string of the molecule is COCCNC(=O)CN1CCN(Cc2nc(-c3ccsc3)no2)CC1. The average Bonchev–Trinajstić information content (AvgIpc) is 3.28. The lowest BCUT2D eigenvalue weighted by Gasteiger charge is -2.33. The van der Waals surface area contributed by atoms with E-state index in [1.54, 1.807) is 18.4 Å². The second-order valence-electron chi connectivity index (χ2n) is 5.92. The van der Waals surface area contributed by atoms with Crippen LogP contribution in [0, 0.1) is 0 Å². The number of hydrogen-bond acceptors (Lipinski definition) is 8. The molecule has 3 rings (SSSR count). The predicted octanol–water partition coefficient (Wildman–Crippen LogP) is 0.678. The van der Waals surface area contributed by atoms with Gasteiger partial charge in [-0.15, -0.1) is 0 Å². The topological polar surface area (TPSA) is 83.7 Å². The number of carbonyl (C=O) groups is 1. The first-order valence-electron chi connectivity index (χ1n) is 8.30. The van der Waals surface area contributed by atoms with Crippen LogP contribution in [0.5, 0.6) is 0 Å². The van der Waals surface area contributed by atoms with Crippen LogP contribution in [0.4, 0.5) is 0 Å². The Hall–Kier alpha value is -1.81. The number of piperazine rings is 1. The molecule has 1 aliphatic rings. The van der Waals surface area contributed by atoms with Gasteiger partial charge in [0.15, 0.2) is 0 Å². The number of carbonyl (C=O) groups excluding carboxylic acids is 1. The third-order valence-corrected chi connectivity index (χ3v) is 4.75. The Bertz CT molecular complexity index is 653. The van der Waals surface area contributed by atoms with Crippen molar-refractivity contribution in [3.63, 3.8) is 0 Å². The fourth-order valence-electron chi connectivity index (χ4n) is 2.68. The molecule has 1 saturated heterocycles. The van der Waals surface area contributed by atoms with Gasteiger partial charge in [0.25, 0.3) is 0 Å². The van der Waals surface area contributed by atoms with Crippen molar-refractivity contribution in [3.05, 3.63) is 22.7 Å². The molecule has 3 heterocycles. The van der Waals surface area contributed by atoms with Gasteiger partial charge >= 0.3 is 0 Å². The number of ether oxygens (including phenoxy) is 1. The van der Waals surface area contributed by atoms with Crippen LogP contribution in [-0.2, 0) is 16.1 Å². The van der Waals surface area contributed by atoms with Crippen LogP contribution in [-0.4, -0.2) is 78.8 Å². The van der Waals surface area contributed by atoms with Crippen molar-refractivity contribution in [1.29, 1.82) is 0 Å². The molecule has 0 spiro atoms. The van der Waals surface area contributed by atoms with Gasteiger partial charge in [-0.3, -0.25) is 14.6 Å². The molecule has 25 heavy (non-hydrogen) atoms. The maximum atomic E-state index is 11.8. The van der Waals surface area contributed by atoms with Gasteiger partial charge in [-0.05, 0) is 11.4 Å². The molecule has 1 aliphatic heterocycles. The third kappa shape index (κ3) is 5.33. The van der Waals surface area contributed by atoms with Crippen molar-refractivity contribution in [2.75, 3.05) is 53.0 Å². The Morgan fingerprint density at radius 1 is 1.36 bits per heavy atom. The summed E-state index contributed by atoms with van der Waals surface area (Å²) in [4.78, 5) is 20.7. The summed E-state index contributed by atoms with van der Waals surface area (Å²) in [5.41, 5.74) is 0.990. The zero-order valence-corrected chi connectivity index (χ0v) is 15.1. The molecule has 2 aromatic rings. The van der Waals surface area contributed by atoms with Gasteiger partial charge < -0.3 is 14.6 Å². The van der Waals surface area contributed by atoms with E-state index < -0.39 is 0 Å². The van der Waals surface area contributed by atoms with Crippen molar-refractivity contribution in [2.24, 2.45) is 0 Å². The molecular weight excluding hydrogens is 342 g/mol. The van der Waals surface area contributed by atoms with Crippen LogP contribution in [0.15, 0.2) is 21.3 Å². The highest BCUT2D eigenvalue weighted by Crippen LogP contribution is 2.19. The van der Waals surface area contributed by atoms with E-state index in [0.29, 0.717) is 38.0 Å². The number of nitrogens with one attached hydrogen (secondary N) is 1. The van der Waals surface area contributed by atoms with Gasteiger partial charge in [0.05, 0.1) is 19.7 Å². The van der Waals surface area contributed by atoms with Crippen molar-refractivity contribution < 1.29 is 14.1 Å². The van der Waals surface area contributed by atoms with Crippen LogP contribution in [0.3, 0.4) is 0 Å². The fourth-order valence-corrected chi connectivity index (χ4v) is 3.31. The highest BCUT2D eigenvalue weighted by molar-refractivity contribution is 7.08. The monoisotopic (exact) mass is 365 g/mol. The van der Waals surface area contributed by atoms with E-state index in [4.69, 9.17) is 9.26 Å². The van der Waals surface area contributed by atoms with Crippen molar-refractivity contribution in [1.82, 2.24) is 25.3 Å². The number of aromatic nitrogens is 2. The highest BCUT2D eigenvalue weighted by atomic mass is 32.1. The number of hydrogen-bond donors (Lipinski definition) is 1. The molecule has 0 saturated carbocycles. The van der Waals surface area contributed by atoms with E-state index in [9.17, 15) is 4.79 Å². The summed E-state index contributed by atoms with van der Waals surface area (Å²) in [6.07, 6.45) is 0. The molecule has 0 radical (unpaired) electrons. The van der Waals surface area contributed by atoms with Crippen molar-refractivity contribution in [3.8, 4) is 11.4 Å². The highest BCUT2D eigenvalue weighted by Gasteiger charge is 2.21. The van der Waals surface area contributed by atoms with Crippen molar-refractivity contribution >= 4 is 17.2 Å². The largest absolute Gasteiger partial charge is 0.383 e. The van der Waals surface area contributed by atoms with Crippen LogP contribution in [0.25, 0.3) is 11.4 Å². The summed E-state index contributed by atoms with van der Waals surface area (Å²) >= 11 is 1.61. The third-order valence-electron chi connectivity index (χ3n) is 4.07. The molecule has 0 bridgehead atoms. The molecule has 9 heteroatoms. The lowest BCUT2D eigenvalue weighted by Crippen LogP contribution is -2.49. The summed E-state index contributed by atoms with van der Waals surface area (Å²) in [5, 5.41) is 10.9. The van der Waals surface area contributed by atoms with Gasteiger partial charge in [0, 0.05) is 50.8 Å². The molecule has 0 aliphatic carbocycles. The van der Waals surface area contributed by atoms with E-state index >= 15 is 0 Å². The maximum absolute atomic E-state index is 11.8. The predicted molar refractivity (Wildman–Crippen MR) is 94.2 cm³/mol. The van der Waals surface area contributed by atoms with Gasteiger partial charge in [-0.2, -0.15) is 16.3 Å². The lowest BCUT2D eigenvalue weighted by molar-refractivity contribution is -0.122. The van der Waals surface area contributed by atoms with Gasteiger partial charge in [-0.1, -0.05) is 5.16 Å². The number of rotatable bonds is 8. The lowest BCUT2D eigenvalue weighted by atomic mass is 10.3. The summed E-state index contributed by atoms with van der Waals surface area (Å²) in [5.74, 6) is 1.32. The number of nitrogens with zero attached hydrogens (tertiary/aromatic N) is 4. The molecule has 0 atom stereocenters. The maximum Gasteiger partial charge on any atom is 0.241 e. The second kappa shape index (κ2) is 9.04. The van der Waals surface area contributed by atoms with Crippen LogP contribution >= 0.6 is 11.3 Å². The van der Waals surface area contributed by atoms with Crippen molar-refractivity contribution in [2.45, 2.75) is 6.54 Å². The van der Waals surface area contributed by atoms with E-state index in [1.165, 1.54) is 0 Å². The van der Waals surface area contributed by atoms with Gasteiger partial charge in [0.1, 0.15) is 0 Å². The minimum Gasteiger partial charge on any atom is -0.383 e. The van der Waals surface area contributed by atoms with Gasteiger partial charge in [0.2, 0.25) is 17.6 Å². The van der Waals surface area contributed by atoms with Gasteiger partial charge in [-0.25, -0.2) is 0 Å². The standard InChI is InChI=1S/C16H23N5O3S/c1-23-8-3-17-14(22)10-20-4-6-21(7-5-20)11-15-18-16(19-24-15)13-2-9-25-12-13/h2,9,12H,3-8,10-11H2,1H3,(H,17,22). The molecule has 2 aromatic heterocycles. The first-order chi connectivity index (χ1) is 12.2. The first-order valence-corrected chi connectivity index (χ1v) is 9.24. The molecule has 8 nitrogen and oxygen atoms in total. The summed E-state index contributed by atoms with van der Waals surface area (Å²) in [7, 11) is 1.62. The molecule has 0 unspecified atom stereocenters. The first kappa shape index (κ1) is 18.0. The van der Waals surface area contributed by atoms with Crippen LogP contribution in [0.2, 0.25) is 0 Å². The molecule has 1 amide bonds. The minimum absolute atomic E-state index is 0.0443. The van der Waals surface area contributed by atoms with E-state index in [2.05, 4.69) is 25.3 Å².